The van der Waals surface area contributed by atoms with Gasteiger partial charge in [0.2, 0.25) is 0 Å². The van der Waals surface area contributed by atoms with Crippen molar-refractivity contribution >= 4 is 11.8 Å². The Labute approximate surface area is 118 Å². The minimum atomic E-state index is 0.506. The molecule has 0 heterocycles. The van der Waals surface area contributed by atoms with E-state index >= 15 is 0 Å². The summed E-state index contributed by atoms with van der Waals surface area (Å²) in [5, 5.41) is 3.91. The molecule has 0 unspecified atom stereocenters. The Morgan fingerprint density at radius 1 is 1.06 bits per heavy atom. The summed E-state index contributed by atoms with van der Waals surface area (Å²) in [4.78, 5) is 0. The van der Waals surface area contributed by atoms with Crippen LogP contribution in [0.5, 0.6) is 0 Å². The Hall–Kier alpha value is 0.310. The van der Waals surface area contributed by atoms with Crippen LogP contribution in [0.3, 0.4) is 0 Å². The molecular formula is C16H31NS. The lowest BCUT2D eigenvalue weighted by molar-refractivity contribution is 0.0825. The van der Waals surface area contributed by atoms with Gasteiger partial charge in [-0.15, -0.1) is 0 Å². The van der Waals surface area contributed by atoms with E-state index in [4.69, 9.17) is 0 Å². The van der Waals surface area contributed by atoms with E-state index < -0.39 is 0 Å². The quantitative estimate of drug-likeness (QED) is 0.808. The molecule has 2 rings (SSSR count). The van der Waals surface area contributed by atoms with Crippen molar-refractivity contribution in [3.63, 3.8) is 0 Å². The van der Waals surface area contributed by atoms with Crippen LogP contribution in [0, 0.1) is 10.8 Å². The van der Waals surface area contributed by atoms with Gasteiger partial charge in [-0.3, -0.25) is 0 Å². The Morgan fingerprint density at radius 2 is 1.61 bits per heavy atom. The molecule has 0 amide bonds. The number of hydrogen-bond donors (Lipinski definition) is 1. The molecule has 0 aromatic carbocycles. The molecule has 106 valence electrons. The molecule has 18 heavy (non-hydrogen) atoms. The summed E-state index contributed by atoms with van der Waals surface area (Å²) in [5.41, 5.74) is 1.01. The first-order valence-corrected chi connectivity index (χ1v) is 8.77. The van der Waals surface area contributed by atoms with Crippen LogP contribution in [0.4, 0.5) is 0 Å². The lowest BCUT2D eigenvalue weighted by Crippen LogP contribution is -2.50. The minimum Gasteiger partial charge on any atom is -0.313 e. The Morgan fingerprint density at radius 3 is 2.00 bits per heavy atom. The van der Waals surface area contributed by atoms with Crippen molar-refractivity contribution in [2.45, 2.75) is 77.0 Å². The predicted molar refractivity (Wildman–Crippen MR) is 83.3 cm³/mol. The molecular weight excluding hydrogens is 238 g/mol. The van der Waals surface area contributed by atoms with Crippen LogP contribution in [-0.4, -0.2) is 23.6 Å². The third-order valence-corrected chi connectivity index (χ3v) is 6.38. The van der Waals surface area contributed by atoms with Gasteiger partial charge >= 0.3 is 0 Å². The molecule has 0 bridgehead atoms. The van der Waals surface area contributed by atoms with Crippen molar-refractivity contribution in [1.29, 1.82) is 0 Å². The molecule has 0 atom stereocenters. The largest absolute Gasteiger partial charge is 0.313 e. The van der Waals surface area contributed by atoms with E-state index in [2.05, 4.69) is 51.0 Å². The van der Waals surface area contributed by atoms with Gasteiger partial charge in [-0.05, 0) is 49.2 Å². The highest BCUT2D eigenvalue weighted by atomic mass is 32.2. The molecule has 2 saturated carbocycles. The number of hydrogen-bond acceptors (Lipinski definition) is 2. The van der Waals surface area contributed by atoms with Crippen LogP contribution < -0.4 is 5.32 Å². The molecule has 0 aromatic rings. The third kappa shape index (κ3) is 3.45. The minimum absolute atomic E-state index is 0.506. The normalized spacial score (nSPS) is 29.8. The second kappa shape index (κ2) is 5.01. The predicted octanol–water partition coefficient (Wildman–Crippen LogP) is 4.47. The standard InChI is InChI=1S/C16H31NS/c1-14(2)9-13(10-15(3,4)11-14)17-12-16(18-5)7-6-8-16/h13,17H,6-12H2,1-5H3. The molecule has 2 fully saturated rings. The van der Waals surface area contributed by atoms with E-state index in [1.165, 1.54) is 45.1 Å². The average Bonchev–Trinajstić information content (AvgIpc) is 2.11. The zero-order chi connectivity index (χ0) is 13.4. The van der Waals surface area contributed by atoms with E-state index in [-0.39, 0.29) is 0 Å². The molecule has 0 spiro atoms. The van der Waals surface area contributed by atoms with Gasteiger partial charge in [0.25, 0.3) is 0 Å². The topological polar surface area (TPSA) is 12.0 Å². The van der Waals surface area contributed by atoms with Crippen LogP contribution in [0.1, 0.15) is 66.2 Å². The molecule has 0 aliphatic heterocycles. The van der Waals surface area contributed by atoms with E-state index in [0.29, 0.717) is 15.6 Å². The van der Waals surface area contributed by atoms with Crippen LogP contribution >= 0.6 is 11.8 Å². The van der Waals surface area contributed by atoms with Crippen LogP contribution in [0.15, 0.2) is 0 Å². The van der Waals surface area contributed by atoms with E-state index in [1.54, 1.807) is 0 Å². The van der Waals surface area contributed by atoms with E-state index in [1.807, 2.05) is 0 Å². The monoisotopic (exact) mass is 269 g/mol. The number of rotatable bonds is 4. The van der Waals surface area contributed by atoms with Crippen molar-refractivity contribution in [1.82, 2.24) is 5.32 Å². The molecule has 0 radical (unpaired) electrons. The molecule has 0 saturated heterocycles. The zero-order valence-corrected chi connectivity index (χ0v) is 13.8. The van der Waals surface area contributed by atoms with Crippen molar-refractivity contribution < 1.29 is 0 Å². The number of thioether (sulfide) groups is 1. The summed E-state index contributed by atoms with van der Waals surface area (Å²) in [6, 6.07) is 0.730. The van der Waals surface area contributed by atoms with Crippen molar-refractivity contribution in [3.8, 4) is 0 Å². The summed E-state index contributed by atoms with van der Waals surface area (Å²) >= 11 is 2.08. The second-order valence-electron chi connectivity index (χ2n) is 8.23. The van der Waals surface area contributed by atoms with Crippen LogP contribution in [0.2, 0.25) is 0 Å². The molecule has 2 aliphatic carbocycles. The maximum atomic E-state index is 3.91. The smallest absolute Gasteiger partial charge is 0.0281 e. The fourth-order valence-electron chi connectivity index (χ4n) is 4.34. The second-order valence-corrected chi connectivity index (χ2v) is 9.51. The molecule has 1 N–H and O–H groups in total. The Bertz CT molecular complexity index is 270. The highest BCUT2D eigenvalue weighted by molar-refractivity contribution is 8.00. The van der Waals surface area contributed by atoms with Crippen molar-refractivity contribution in [2.75, 3.05) is 12.8 Å². The van der Waals surface area contributed by atoms with Crippen molar-refractivity contribution in [3.05, 3.63) is 0 Å². The molecule has 2 aliphatic rings. The summed E-state index contributed by atoms with van der Waals surface area (Å²) in [7, 11) is 0. The third-order valence-electron chi connectivity index (χ3n) is 4.97. The van der Waals surface area contributed by atoms with Gasteiger partial charge in [-0.2, -0.15) is 11.8 Å². The van der Waals surface area contributed by atoms with E-state index in [0.717, 1.165) is 6.04 Å². The summed E-state index contributed by atoms with van der Waals surface area (Å²) in [6.07, 6.45) is 10.6. The maximum Gasteiger partial charge on any atom is 0.0281 e. The van der Waals surface area contributed by atoms with Gasteiger partial charge in [0, 0.05) is 17.3 Å². The lowest BCUT2D eigenvalue weighted by atomic mass is 9.63. The summed E-state index contributed by atoms with van der Waals surface area (Å²) < 4.78 is 0.575. The molecule has 2 heteroatoms. The Balaban J connectivity index is 1.89. The summed E-state index contributed by atoms with van der Waals surface area (Å²) in [6.45, 7) is 11.0. The molecule has 1 nitrogen and oxygen atoms in total. The maximum absolute atomic E-state index is 3.91. The van der Waals surface area contributed by atoms with Gasteiger partial charge in [0.15, 0.2) is 0 Å². The van der Waals surface area contributed by atoms with Crippen LogP contribution in [-0.2, 0) is 0 Å². The summed E-state index contributed by atoms with van der Waals surface area (Å²) in [5.74, 6) is 0. The van der Waals surface area contributed by atoms with Crippen molar-refractivity contribution in [2.24, 2.45) is 10.8 Å². The first kappa shape index (κ1) is 14.7. The van der Waals surface area contributed by atoms with E-state index in [9.17, 15) is 0 Å². The SMILES string of the molecule is CSC1(CNC2CC(C)(C)CC(C)(C)C2)CCC1. The van der Waals surface area contributed by atoms with Gasteiger partial charge in [-0.1, -0.05) is 34.1 Å². The number of nitrogens with one attached hydrogen (secondary N) is 1. The van der Waals surface area contributed by atoms with Crippen LogP contribution in [0.25, 0.3) is 0 Å². The Kier molecular flexibility index (Phi) is 4.10. The highest BCUT2D eigenvalue weighted by Gasteiger charge is 2.40. The zero-order valence-electron chi connectivity index (χ0n) is 12.9. The fourth-order valence-corrected chi connectivity index (χ4v) is 5.27. The molecule has 0 aromatic heterocycles. The lowest BCUT2D eigenvalue weighted by Gasteiger charge is -2.47. The van der Waals surface area contributed by atoms with Gasteiger partial charge < -0.3 is 5.32 Å². The first-order chi connectivity index (χ1) is 8.26. The van der Waals surface area contributed by atoms with Gasteiger partial charge in [0.05, 0.1) is 0 Å². The van der Waals surface area contributed by atoms with Gasteiger partial charge in [-0.25, -0.2) is 0 Å². The van der Waals surface area contributed by atoms with Gasteiger partial charge in [0.1, 0.15) is 0 Å². The first-order valence-electron chi connectivity index (χ1n) is 7.55. The highest BCUT2D eigenvalue weighted by Crippen LogP contribution is 2.47. The average molecular weight is 269 g/mol. The fraction of sp³-hybridized carbons (Fsp3) is 1.00.